The van der Waals surface area contributed by atoms with Crippen molar-refractivity contribution in [3.8, 4) is 0 Å². The maximum atomic E-state index is 11.3. The van der Waals surface area contributed by atoms with Crippen LogP contribution >= 0.6 is 0 Å². The number of nitrogens with one attached hydrogen (secondary N) is 1. The van der Waals surface area contributed by atoms with Gasteiger partial charge in [0, 0.05) is 19.2 Å². The fourth-order valence-corrected chi connectivity index (χ4v) is 1.83. The smallest absolute Gasteiger partial charge is 0.243 e. The normalized spacial score (nSPS) is 17.2. The molecular weight excluding hydrogens is 188 g/mol. The molecule has 1 amide bonds. The summed E-state index contributed by atoms with van der Waals surface area (Å²) in [7, 11) is 0. The molecule has 86 valence electrons. The number of carbonyl (C=O) groups excluding carboxylic acids is 1. The van der Waals surface area contributed by atoms with E-state index in [4.69, 9.17) is 0 Å². The largest absolute Gasteiger partial charge is 0.351 e. The minimum absolute atomic E-state index is 0.0343. The first-order valence-electron chi connectivity index (χ1n) is 5.83. The maximum absolute atomic E-state index is 11.3. The molecule has 0 bridgehead atoms. The average molecular weight is 210 g/mol. The summed E-state index contributed by atoms with van der Waals surface area (Å²) in [6.07, 6.45) is 5.63. The van der Waals surface area contributed by atoms with Gasteiger partial charge in [0.1, 0.15) is 0 Å². The van der Waals surface area contributed by atoms with E-state index in [9.17, 15) is 4.79 Å². The lowest BCUT2D eigenvalue weighted by Gasteiger charge is -2.26. The number of allylic oxidation sites excluding steroid dienone is 1. The van der Waals surface area contributed by atoms with E-state index >= 15 is 0 Å². The van der Waals surface area contributed by atoms with E-state index in [2.05, 4.69) is 10.2 Å². The van der Waals surface area contributed by atoms with Gasteiger partial charge in [0.15, 0.2) is 0 Å². The maximum Gasteiger partial charge on any atom is 0.243 e. The average Bonchev–Trinajstić information content (AvgIpc) is 2.18. The standard InChI is InChI=1S/C12H22N2O/c1-11(2)10-12(15)13-6-9-14-7-4-3-5-8-14/h10H,3-9H2,1-2H3,(H,13,15). The molecule has 1 saturated heterocycles. The van der Waals surface area contributed by atoms with Gasteiger partial charge in [-0.1, -0.05) is 12.0 Å². The monoisotopic (exact) mass is 210 g/mol. The van der Waals surface area contributed by atoms with Gasteiger partial charge in [-0.3, -0.25) is 4.79 Å². The molecule has 0 spiro atoms. The van der Waals surface area contributed by atoms with Crippen LogP contribution in [0.15, 0.2) is 11.6 Å². The van der Waals surface area contributed by atoms with E-state index in [0.717, 1.165) is 18.7 Å². The third-order valence-electron chi connectivity index (χ3n) is 2.60. The number of nitrogens with zero attached hydrogens (tertiary/aromatic N) is 1. The molecular formula is C12H22N2O. The zero-order valence-corrected chi connectivity index (χ0v) is 9.88. The fourth-order valence-electron chi connectivity index (χ4n) is 1.83. The first kappa shape index (κ1) is 12.2. The number of likely N-dealkylation sites (tertiary alicyclic amines) is 1. The minimum Gasteiger partial charge on any atom is -0.351 e. The number of hydrogen-bond donors (Lipinski definition) is 1. The second-order valence-electron chi connectivity index (χ2n) is 4.42. The molecule has 0 radical (unpaired) electrons. The number of piperidine rings is 1. The van der Waals surface area contributed by atoms with Crippen molar-refractivity contribution in [1.29, 1.82) is 0 Å². The summed E-state index contributed by atoms with van der Waals surface area (Å²) in [5.41, 5.74) is 1.05. The summed E-state index contributed by atoms with van der Waals surface area (Å²) >= 11 is 0. The van der Waals surface area contributed by atoms with E-state index in [0.29, 0.717) is 0 Å². The van der Waals surface area contributed by atoms with Crippen LogP contribution in [0.1, 0.15) is 33.1 Å². The molecule has 1 aliphatic heterocycles. The Balaban J connectivity index is 2.10. The van der Waals surface area contributed by atoms with Crippen LogP contribution in [0, 0.1) is 0 Å². The van der Waals surface area contributed by atoms with Crippen LogP contribution in [0.4, 0.5) is 0 Å². The lowest BCUT2D eigenvalue weighted by Crippen LogP contribution is -2.37. The van der Waals surface area contributed by atoms with Crippen molar-refractivity contribution in [2.24, 2.45) is 0 Å². The topological polar surface area (TPSA) is 32.3 Å². The van der Waals surface area contributed by atoms with Crippen LogP contribution in [-0.2, 0) is 4.79 Å². The van der Waals surface area contributed by atoms with Gasteiger partial charge in [0.25, 0.3) is 0 Å². The van der Waals surface area contributed by atoms with Gasteiger partial charge in [-0.2, -0.15) is 0 Å². The van der Waals surface area contributed by atoms with E-state index < -0.39 is 0 Å². The van der Waals surface area contributed by atoms with Crippen molar-refractivity contribution >= 4 is 5.91 Å². The Hall–Kier alpha value is -0.830. The molecule has 1 fully saturated rings. The summed E-state index contributed by atoms with van der Waals surface area (Å²) < 4.78 is 0. The molecule has 1 N–H and O–H groups in total. The summed E-state index contributed by atoms with van der Waals surface area (Å²) in [6, 6.07) is 0. The number of amides is 1. The van der Waals surface area contributed by atoms with Crippen molar-refractivity contribution in [3.63, 3.8) is 0 Å². The zero-order valence-electron chi connectivity index (χ0n) is 9.88. The fraction of sp³-hybridized carbons (Fsp3) is 0.750. The Labute approximate surface area is 92.5 Å². The number of rotatable bonds is 4. The number of carbonyl (C=O) groups is 1. The van der Waals surface area contributed by atoms with E-state index in [1.165, 1.54) is 32.4 Å². The van der Waals surface area contributed by atoms with E-state index in [1.54, 1.807) is 6.08 Å². The lowest BCUT2D eigenvalue weighted by molar-refractivity contribution is -0.116. The molecule has 1 rings (SSSR count). The zero-order chi connectivity index (χ0) is 11.1. The Kier molecular flexibility index (Phi) is 5.40. The molecule has 1 heterocycles. The van der Waals surface area contributed by atoms with Crippen LogP contribution in [0.3, 0.4) is 0 Å². The second-order valence-corrected chi connectivity index (χ2v) is 4.42. The van der Waals surface area contributed by atoms with Gasteiger partial charge in [0.05, 0.1) is 0 Å². The van der Waals surface area contributed by atoms with Crippen LogP contribution in [-0.4, -0.2) is 37.0 Å². The molecule has 1 aliphatic rings. The minimum atomic E-state index is 0.0343. The van der Waals surface area contributed by atoms with Crippen molar-refractivity contribution in [2.45, 2.75) is 33.1 Å². The quantitative estimate of drug-likeness (QED) is 0.714. The summed E-state index contributed by atoms with van der Waals surface area (Å²) in [5.74, 6) is 0.0343. The van der Waals surface area contributed by atoms with Crippen LogP contribution in [0.25, 0.3) is 0 Å². The van der Waals surface area contributed by atoms with E-state index in [1.807, 2.05) is 13.8 Å². The Morgan fingerprint density at radius 3 is 2.53 bits per heavy atom. The summed E-state index contributed by atoms with van der Waals surface area (Å²) in [4.78, 5) is 13.7. The molecule has 0 aromatic carbocycles. The lowest BCUT2D eigenvalue weighted by atomic mass is 10.1. The predicted octanol–water partition coefficient (Wildman–Crippen LogP) is 1.55. The Bertz CT molecular complexity index is 226. The highest BCUT2D eigenvalue weighted by Crippen LogP contribution is 2.07. The molecule has 0 aliphatic carbocycles. The van der Waals surface area contributed by atoms with Gasteiger partial charge in [-0.15, -0.1) is 0 Å². The van der Waals surface area contributed by atoms with E-state index in [-0.39, 0.29) is 5.91 Å². The SMILES string of the molecule is CC(C)=CC(=O)NCCN1CCCCC1. The first-order valence-corrected chi connectivity index (χ1v) is 5.83. The second kappa shape index (κ2) is 6.62. The van der Waals surface area contributed by atoms with Crippen LogP contribution < -0.4 is 5.32 Å². The van der Waals surface area contributed by atoms with Crippen LogP contribution in [0.5, 0.6) is 0 Å². The van der Waals surface area contributed by atoms with Crippen molar-refractivity contribution in [1.82, 2.24) is 10.2 Å². The van der Waals surface area contributed by atoms with Crippen LogP contribution in [0.2, 0.25) is 0 Å². The highest BCUT2D eigenvalue weighted by Gasteiger charge is 2.09. The van der Waals surface area contributed by atoms with Gasteiger partial charge in [0.2, 0.25) is 5.91 Å². The Morgan fingerprint density at radius 2 is 1.93 bits per heavy atom. The molecule has 3 nitrogen and oxygen atoms in total. The highest BCUT2D eigenvalue weighted by atomic mass is 16.1. The van der Waals surface area contributed by atoms with Gasteiger partial charge < -0.3 is 10.2 Å². The van der Waals surface area contributed by atoms with Gasteiger partial charge in [-0.25, -0.2) is 0 Å². The van der Waals surface area contributed by atoms with Crippen molar-refractivity contribution in [2.75, 3.05) is 26.2 Å². The number of hydrogen-bond acceptors (Lipinski definition) is 2. The molecule has 0 unspecified atom stereocenters. The predicted molar refractivity (Wildman–Crippen MR) is 62.7 cm³/mol. The first-order chi connectivity index (χ1) is 7.18. The van der Waals surface area contributed by atoms with Crippen molar-refractivity contribution < 1.29 is 4.79 Å². The Morgan fingerprint density at radius 1 is 1.27 bits per heavy atom. The molecule has 3 heteroatoms. The highest BCUT2D eigenvalue weighted by molar-refractivity contribution is 5.87. The molecule has 0 aromatic rings. The van der Waals surface area contributed by atoms with Crippen molar-refractivity contribution in [3.05, 3.63) is 11.6 Å². The third-order valence-corrected chi connectivity index (χ3v) is 2.60. The summed E-state index contributed by atoms with van der Waals surface area (Å²) in [5, 5.41) is 2.90. The molecule has 15 heavy (non-hydrogen) atoms. The molecule has 0 atom stereocenters. The summed E-state index contributed by atoms with van der Waals surface area (Å²) in [6.45, 7) is 8.01. The third kappa shape index (κ3) is 5.57. The molecule has 0 saturated carbocycles. The van der Waals surface area contributed by atoms with Gasteiger partial charge >= 0.3 is 0 Å². The molecule has 0 aromatic heterocycles. The van der Waals surface area contributed by atoms with Gasteiger partial charge in [-0.05, 0) is 39.8 Å².